The van der Waals surface area contributed by atoms with Crippen LogP contribution in [-0.4, -0.2) is 28.7 Å². The molecule has 2 bridgehead atoms. The van der Waals surface area contributed by atoms with Crippen LogP contribution in [0.1, 0.15) is 66.7 Å². The second kappa shape index (κ2) is 5.79. The summed E-state index contributed by atoms with van der Waals surface area (Å²) >= 11 is 0. The van der Waals surface area contributed by atoms with Crippen molar-refractivity contribution in [2.75, 3.05) is 0 Å². The van der Waals surface area contributed by atoms with Crippen molar-refractivity contribution in [1.29, 1.82) is 0 Å². The maximum absolute atomic E-state index is 12.3. The first-order valence-corrected chi connectivity index (χ1v) is 7.95. The molecule has 0 N–H and O–H groups in total. The summed E-state index contributed by atoms with van der Waals surface area (Å²) in [6, 6.07) is 0.726. The zero-order valence-corrected chi connectivity index (χ0v) is 13.6. The summed E-state index contributed by atoms with van der Waals surface area (Å²) in [5.74, 6) is 0.712. The summed E-state index contributed by atoms with van der Waals surface area (Å²) in [5, 5.41) is 0. The molecule has 2 fully saturated rings. The van der Waals surface area contributed by atoms with Crippen molar-refractivity contribution in [2.45, 2.75) is 84.4 Å². The van der Waals surface area contributed by atoms with Crippen LogP contribution >= 0.6 is 0 Å². The Morgan fingerprint density at radius 2 is 1.85 bits per heavy atom. The summed E-state index contributed by atoms with van der Waals surface area (Å²) in [6.07, 6.45) is 7.79. The number of amides is 1. The van der Waals surface area contributed by atoms with E-state index in [1.54, 1.807) is 5.57 Å². The molecule has 0 aromatic carbocycles. The molecule has 0 aromatic rings. The lowest BCUT2D eigenvalue weighted by Crippen LogP contribution is -2.47. The van der Waals surface area contributed by atoms with Gasteiger partial charge in [-0.05, 0) is 58.8 Å². The van der Waals surface area contributed by atoms with Gasteiger partial charge in [-0.2, -0.15) is 0 Å². The maximum atomic E-state index is 12.3. The normalized spacial score (nSPS) is 26.1. The summed E-state index contributed by atoms with van der Waals surface area (Å²) < 4.78 is 5.56. The van der Waals surface area contributed by atoms with Crippen molar-refractivity contribution >= 4 is 6.09 Å². The van der Waals surface area contributed by atoms with Crippen molar-refractivity contribution in [3.8, 4) is 0 Å². The molecular weight excluding hydrogens is 250 g/mol. The number of nitrogens with zero attached hydrogens (tertiary/aromatic N) is 1. The van der Waals surface area contributed by atoms with Gasteiger partial charge in [0.15, 0.2) is 0 Å². The molecule has 2 atom stereocenters. The number of carbonyl (C=O) groups is 1. The second-order valence-electron chi connectivity index (χ2n) is 7.67. The van der Waals surface area contributed by atoms with Crippen molar-refractivity contribution in [2.24, 2.45) is 5.92 Å². The van der Waals surface area contributed by atoms with E-state index in [-0.39, 0.29) is 6.09 Å². The van der Waals surface area contributed by atoms with Crippen molar-refractivity contribution < 1.29 is 9.53 Å². The van der Waals surface area contributed by atoms with Crippen LogP contribution in [0.2, 0.25) is 0 Å². The van der Waals surface area contributed by atoms with E-state index in [1.165, 1.54) is 0 Å². The molecule has 2 unspecified atom stereocenters. The number of hydrogen-bond donors (Lipinski definition) is 0. The van der Waals surface area contributed by atoms with E-state index in [1.807, 2.05) is 25.7 Å². The van der Waals surface area contributed by atoms with E-state index in [4.69, 9.17) is 4.74 Å². The minimum atomic E-state index is -0.399. The highest BCUT2D eigenvalue weighted by Gasteiger charge is 2.42. The molecule has 3 nitrogen and oxygen atoms in total. The number of ether oxygens (including phenoxy) is 1. The highest BCUT2D eigenvalue weighted by Crippen LogP contribution is 2.39. The smallest absolute Gasteiger partial charge is 0.410 e. The Morgan fingerprint density at radius 1 is 1.30 bits per heavy atom. The Balaban J connectivity index is 2.00. The molecule has 0 aromatic heterocycles. The summed E-state index contributed by atoms with van der Waals surface area (Å²) in [7, 11) is 0. The number of hydrogen-bond acceptors (Lipinski definition) is 2. The minimum Gasteiger partial charge on any atom is -0.444 e. The Morgan fingerprint density at radius 3 is 2.30 bits per heavy atom. The van der Waals surface area contributed by atoms with Gasteiger partial charge in [-0.1, -0.05) is 25.5 Å². The molecule has 2 aliphatic heterocycles. The van der Waals surface area contributed by atoms with Gasteiger partial charge in [-0.3, -0.25) is 0 Å². The maximum Gasteiger partial charge on any atom is 0.410 e. The SMILES string of the molecule is CC(C)CC=C1CC2CCC(C1)N2C(=O)OC(C)(C)C. The van der Waals surface area contributed by atoms with E-state index in [0.717, 1.165) is 32.1 Å². The first-order valence-electron chi connectivity index (χ1n) is 7.95. The van der Waals surface area contributed by atoms with Gasteiger partial charge in [0.25, 0.3) is 0 Å². The van der Waals surface area contributed by atoms with Gasteiger partial charge in [-0.15, -0.1) is 0 Å². The minimum absolute atomic E-state index is 0.118. The number of rotatable bonds is 2. The molecule has 0 saturated carbocycles. The molecule has 2 rings (SSSR count). The predicted molar refractivity (Wildman–Crippen MR) is 81.7 cm³/mol. The fourth-order valence-electron chi connectivity index (χ4n) is 3.23. The molecular formula is C17H29NO2. The molecule has 0 aliphatic carbocycles. The highest BCUT2D eigenvalue weighted by atomic mass is 16.6. The third kappa shape index (κ3) is 3.77. The van der Waals surface area contributed by atoms with Crippen LogP contribution in [0.15, 0.2) is 11.6 Å². The van der Waals surface area contributed by atoms with E-state index < -0.39 is 5.60 Å². The van der Waals surface area contributed by atoms with Crippen LogP contribution in [-0.2, 0) is 4.74 Å². The largest absolute Gasteiger partial charge is 0.444 e. The van der Waals surface area contributed by atoms with Gasteiger partial charge in [0.2, 0.25) is 0 Å². The van der Waals surface area contributed by atoms with Crippen LogP contribution in [0.25, 0.3) is 0 Å². The van der Waals surface area contributed by atoms with Crippen LogP contribution in [0.3, 0.4) is 0 Å². The molecule has 0 spiro atoms. The van der Waals surface area contributed by atoms with E-state index in [9.17, 15) is 4.79 Å². The van der Waals surface area contributed by atoms with Gasteiger partial charge in [0.1, 0.15) is 5.60 Å². The number of allylic oxidation sites excluding steroid dienone is 1. The summed E-state index contributed by atoms with van der Waals surface area (Å²) in [5.41, 5.74) is 1.15. The summed E-state index contributed by atoms with van der Waals surface area (Å²) in [6.45, 7) is 10.3. The van der Waals surface area contributed by atoms with E-state index >= 15 is 0 Å². The molecule has 20 heavy (non-hydrogen) atoms. The predicted octanol–water partition coefficient (Wildman–Crippen LogP) is 4.52. The van der Waals surface area contributed by atoms with Crippen LogP contribution in [0.4, 0.5) is 4.79 Å². The average molecular weight is 279 g/mol. The molecule has 3 heteroatoms. The van der Waals surface area contributed by atoms with Gasteiger partial charge >= 0.3 is 6.09 Å². The Labute approximate surface area is 123 Å². The van der Waals surface area contributed by atoms with Gasteiger partial charge in [-0.25, -0.2) is 4.79 Å². The van der Waals surface area contributed by atoms with Crippen molar-refractivity contribution in [3.05, 3.63) is 11.6 Å². The highest BCUT2D eigenvalue weighted by molar-refractivity contribution is 5.70. The third-order valence-corrected chi connectivity index (χ3v) is 4.10. The monoisotopic (exact) mass is 279 g/mol. The number of piperidine rings is 1. The topological polar surface area (TPSA) is 29.5 Å². The molecule has 1 amide bonds. The van der Waals surface area contributed by atoms with E-state index in [2.05, 4.69) is 19.9 Å². The fourth-order valence-corrected chi connectivity index (χ4v) is 3.23. The lowest BCUT2D eigenvalue weighted by Gasteiger charge is -2.37. The second-order valence-corrected chi connectivity index (χ2v) is 7.67. The first kappa shape index (κ1) is 15.4. The zero-order chi connectivity index (χ0) is 14.9. The fraction of sp³-hybridized carbons (Fsp3) is 0.824. The molecule has 2 saturated heterocycles. The van der Waals surface area contributed by atoms with Gasteiger partial charge in [0.05, 0.1) is 0 Å². The van der Waals surface area contributed by atoms with E-state index in [0.29, 0.717) is 18.0 Å². The molecule has 114 valence electrons. The Bertz CT molecular complexity index is 376. The molecule has 2 aliphatic rings. The van der Waals surface area contributed by atoms with Crippen LogP contribution in [0.5, 0.6) is 0 Å². The lowest BCUT2D eigenvalue weighted by molar-refractivity contribution is 0.0115. The van der Waals surface area contributed by atoms with Gasteiger partial charge in [0, 0.05) is 12.1 Å². The Hall–Kier alpha value is -0.990. The number of carbonyl (C=O) groups excluding carboxylic acids is 1. The van der Waals surface area contributed by atoms with Crippen LogP contribution in [0, 0.1) is 5.92 Å². The molecule has 2 heterocycles. The lowest BCUT2D eigenvalue weighted by atomic mass is 9.95. The number of fused-ring (bicyclic) bond motifs is 2. The average Bonchev–Trinajstić information content (AvgIpc) is 2.56. The van der Waals surface area contributed by atoms with Gasteiger partial charge < -0.3 is 9.64 Å². The zero-order valence-electron chi connectivity index (χ0n) is 13.6. The summed E-state index contributed by atoms with van der Waals surface area (Å²) in [4.78, 5) is 14.3. The van der Waals surface area contributed by atoms with Crippen molar-refractivity contribution in [3.63, 3.8) is 0 Å². The quantitative estimate of drug-likeness (QED) is 0.695. The first-order chi connectivity index (χ1) is 9.26. The third-order valence-electron chi connectivity index (χ3n) is 4.10. The van der Waals surface area contributed by atoms with Crippen LogP contribution < -0.4 is 0 Å². The van der Waals surface area contributed by atoms with Crippen molar-refractivity contribution in [1.82, 2.24) is 4.90 Å². The Kier molecular flexibility index (Phi) is 4.46. The molecule has 0 radical (unpaired) electrons. The standard InChI is InChI=1S/C17H29NO2/c1-12(2)6-7-13-10-14-8-9-15(11-13)18(14)16(19)20-17(3,4)5/h7,12,14-15H,6,8-11H2,1-5H3.